The van der Waals surface area contributed by atoms with Crippen LogP contribution in [0.15, 0.2) is 42.5 Å². The zero-order chi connectivity index (χ0) is 20.5. The van der Waals surface area contributed by atoms with Crippen molar-refractivity contribution < 1.29 is 9.47 Å². The lowest BCUT2D eigenvalue weighted by Crippen LogP contribution is -2.22. The van der Waals surface area contributed by atoms with Gasteiger partial charge in [-0.3, -0.25) is 0 Å². The molecule has 0 atom stereocenters. The number of hydrogen-bond acceptors (Lipinski definition) is 3. The van der Waals surface area contributed by atoms with E-state index in [4.69, 9.17) is 9.47 Å². The Hall–Kier alpha value is -2.00. The van der Waals surface area contributed by atoms with Crippen molar-refractivity contribution in [3.05, 3.63) is 59.2 Å². The highest BCUT2D eigenvalue weighted by Gasteiger charge is 2.19. The minimum atomic E-state index is 0.831. The van der Waals surface area contributed by atoms with Crippen LogP contribution < -0.4 is 9.47 Å². The third kappa shape index (κ3) is 6.50. The van der Waals surface area contributed by atoms with E-state index in [0.717, 1.165) is 30.3 Å². The molecule has 3 nitrogen and oxygen atoms in total. The van der Waals surface area contributed by atoms with Crippen molar-refractivity contribution in [3.63, 3.8) is 0 Å². The maximum absolute atomic E-state index is 5.49. The van der Waals surface area contributed by atoms with Gasteiger partial charge in [0, 0.05) is 0 Å². The number of methoxy groups -OCH3 is 2. The molecular formula is C26H37NO2. The molecular weight excluding hydrogens is 358 g/mol. The first-order chi connectivity index (χ1) is 14.2. The second kappa shape index (κ2) is 11.3. The predicted molar refractivity (Wildman–Crippen MR) is 121 cm³/mol. The van der Waals surface area contributed by atoms with Crippen LogP contribution in [0.2, 0.25) is 0 Å². The van der Waals surface area contributed by atoms with Crippen LogP contribution in [-0.2, 0) is 19.3 Å². The van der Waals surface area contributed by atoms with Gasteiger partial charge < -0.3 is 14.4 Å². The average Bonchev–Trinajstić information content (AvgIpc) is 2.95. The van der Waals surface area contributed by atoms with Gasteiger partial charge in [-0.2, -0.15) is 0 Å². The lowest BCUT2D eigenvalue weighted by Gasteiger charge is -2.19. The Morgan fingerprint density at radius 3 is 2.03 bits per heavy atom. The highest BCUT2D eigenvalue weighted by Crippen LogP contribution is 2.35. The molecule has 2 aromatic rings. The van der Waals surface area contributed by atoms with Gasteiger partial charge in [-0.25, -0.2) is 0 Å². The second-order valence-electron chi connectivity index (χ2n) is 8.45. The number of ether oxygens (including phenoxy) is 2. The van der Waals surface area contributed by atoms with Crippen LogP contribution in [0.3, 0.4) is 0 Å². The first kappa shape index (κ1) is 21.7. The highest BCUT2D eigenvalue weighted by molar-refractivity contribution is 5.48. The molecule has 0 spiro atoms. The summed E-state index contributed by atoms with van der Waals surface area (Å²) in [5, 5.41) is 0. The van der Waals surface area contributed by atoms with E-state index in [1.54, 1.807) is 14.2 Å². The van der Waals surface area contributed by atoms with Crippen molar-refractivity contribution >= 4 is 0 Å². The summed E-state index contributed by atoms with van der Waals surface area (Å²) in [6.45, 7) is 2.39. The quantitative estimate of drug-likeness (QED) is 0.493. The normalized spacial score (nSPS) is 14.5. The second-order valence-corrected chi connectivity index (χ2v) is 8.45. The van der Waals surface area contributed by atoms with E-state index in [1.165, 1.54) is 68.3 Å². The van der Waals surface area contributed by atoms with Gasteiger partial charge >= 0.3 is 0 Å². The minimum Gasteiger partial charge on any atom is -0.493 e. The van der Waals surface area contributed by atoms with Crippen LogP contribution in [0.25, 0.3) is 0 Å². The van der Waals surface area contributed by atoms with Crippen molar-refractivity contribution in [2.24, 2.45) is 5.92 Å². The average molecular weight is 396 g/mol. The van der Waals surface area contributed by atoms with Gasteiger partial charge in [0.05, 0.1) is 14.2 Å². The molecule has 0 heterocycles. The van der Waals surface area contributed by atoms with Crippen molar-refractivity contribution in [2.75, 3.05) is 34.4 Å². The number of aryl methyl sites for hydroxylation is 3. The lowest BCUT2D eigenvalue weighted by molar-refractivity contribution is 0.302. The van der Waals surface area contributed by atoms with Crippen LogP contribution in [0.1, 0.15) is 48.8 Å². The molecule has 2 aromatic carbocycles. The molecule has 0 unspecified atom stereocenters. The summed E-state index contributed by atoms with van der Waals surface area (Å²) in [6.07, 6.45) is 9.96. The summed E-state index contributed by atoms with van der Waals surface area (Å²) in [5.41, 5.74) is 4.35. The van der Waals surface area contributed by atoms with Gasteiger partial charge in [0.1, 0.15) is 0 Å². The standard InChI is InChI=1S/C26H37NO2/c1-27(17-7-11-21-9-5-4-6-10-21)18-8-12-22-13-15-23-19-25(28-2)26(29-3)20-24(23)16-14-22/h4-6,9-10,19-20,22H,7-8,11-18H2,1-3H3. The molecule has 0 N–H and O–H groups in total. The molecule has 1 aliphatic carbocycles. The summed E-state index contributed by atoms with van der Waals surface area (Å²) in [6, 6.07) is 15.2. The van der Waals surface area contributed by atoms with Gasteiger partial charge in [0.15, 0.2) is 11.5 Å². The van der Waals surface area contributed by atoms with E-state index < -0.39 is 0 Å². The smallest absolute Gasteiger partial charge is 0.161 e. The fourth-order valence-electron chi connectivity index (χ4n) is 4.54. The number of nitrogens with zero attached hydrogens (tertiary/aromatic N) is 1. The fourth-order valence-corrected chi connectivity index (χ4v) is 4.54. The molecule has 0 radical (unpaired) electrons. The summed E-state index contributed by atoms with van der Waals surface area (Å²) in [4.78, 5) is 2.50. The monoisotopic (exact) mass is 395 g/mol. The van der Waals surface area contributed by atoms with Gasteiger partial charge in [-0.15, -0.1) is 0 Å². The van der Waals surface area contributed by atoms with Gasteiger partial charge in [0.25, 0.3) is 0 Å². The van der Waals surface area contributed by atoms with Gasteiger partial charge in [-0.05, 0) is 106 Å². The summed E-state index contributed by atoms with van der Waals surface area (Å²) < 4.78 is 11.0. The van der Waals surface area contributed by atoms with Gasteiger partial charge in [0.2, 0.25) is 0 Å². The van der Waals surface area contributed by atoms with E-state index in [-0.39, 0.29) is 0 Å². The first-order valence-electron chi connectivity index (χ1n) is 11.2. The molecule has 3 rings (SSSR count). The Balaban J connectivity index is 1.38. The Morgan fingerprint density at radius 1 is 0.862 bits per heavy atom. The van der Waals surface area contributed by atoms with Crippen molar-refractivity contribution in [1.29, 1.82) is 0 Å². The molecule has 0 aromatic heterocycles. The summed E-state index contributed by atoms with van der Waals surface area (Å²) in [7, 11) is 5.71. The summed E-state index contributed by atoms with van der Waals surface area (Å²) in [5.74, 6) is 2.56. The number of hydrogen-bond donors (Lipinski definition) is 0. The van der Waals surface area contributed by atoms with E-state index in [1.807, 2.05) is 0 Å². The zero-order valence-corrected chi connectivity index (χ0v) is 18.5. The molecule has 158 valence electrons. The third-order valence-corrected chi connectivity index (χ3v) is 6.35. The Bertz CT molecular complexity index is 709. The van der Waals surface area contributed by atoms with Crippen LogP contribution in [-0.4, -0.2) is 39.3 Å². The van der Waals surface area contributed by atoms with Crippen molar-refractivity contribution in [1.82, 2.24) is 4.90 Å². The molecule has 0 aliphatic heterocycles. The maximum atomic E-state index is 5.49. The Morgan fingerprint density at radius 2 is 1.45 bits per heavy atom. The molecule has 0 amide bonds. The van der Waals surface area contributed by atoms with Crippen LogP contribution in [0.4, 0.5) is 0 Å². The number of fused-ring (bicyclic) bond motifs is 1. The van der Waals surface area contributed by atoms with E-state index >= 15 is 0 Å². The lowest BCUT2D eigenvalue weighted by atomic mass is 9.94. The fraction of sp³-hybridized carbons (Fsp3) is 0.538. The van der Waals surface area contributed by atoms with Crippen LogP contribution >= 0.6 is 0 Å². The van der Waals surface area contributed by atoms with Crippen LogP contribution in [0, 0.1) is 5.92 Å². The number of rotatable bonds is 10. The molecule has 0 fully saturated rings. The van der Waals surface area contributed by atoms with Crippen molar-refractivity contribution in [2.45, 2.75) is 51.4 Å². The van der Waals surface area contributed by atoms with E-state index in [0.29, 0.717) is 0 Å². The molecule has 0 saturated carbocycles. The van der Waals surface area contributed by atoms with E-state index in [9.17, 15) is 0 Å². The third-order valence-electron chi connectivity index (χ3n) is 6.35. The Kier molecular flexibility index (Phi) is 8.42. The molecule has 1 aliphatic rings. The summed E-state index contributed by atoms with van der Waals surface area (Å²) >= 11 is 0. The van der Waals surface area contributed by atoms with Crippen LogP contribution in [0.5, 0.6) is 11.5 Å². The highest BCUT2D eigenvalue weighted by atomic mass is 16.5. The van der Waals surface area contributed by atoms with Gasteiger partial charge in [-0.1, -0.05) is 30.3 Å². The molecule has 0 bridgehead atoms. The minimum absolute atomic E-state index is 0.831. The van der Waals surface area contributed by atoms with Crippen molar-refractivity contribution in [3.8, 4) is 11.5 Å². The first-order valence-corrected chi connectivity index (χ1v) is 11.2. The predicted octanol–water partition coefficient (Wildman–Crippen LogP) is 5.54. The zero-order valence-electron chi connectivity index (χ0n) is 18.5. The molecule has 3 heteroatoms. The Labute approximate surface area is 177 Å². The molecule has 29 heavy (non-hydrogen) atoms. The largest absolute Gasteiger partial charge is 0.493 e. The topological polar surface area (TPSA) is 21.7 Å². The maximum Gasteiger partial charge on any atom is 0.161 e. The number of benzene rings is 2. The SMILES string of the molecule is COc1cc2c(cc1OC)CCC(CCCN(C)CCCc1ccccc1)CC2. The van der Waals surface area contributed by atoms with E-state index in [2.05, 4.69) is 54.4 Å². The molecule has 0 saturated heterocycles.